The minimum Gasteiger partial charge on any atom is -0.345 e. The fraction of sp³-hybridized carbons (Fsp3) is 0. The second-order valence-corrected chi connectivity index (χ2v) is 5.25. The van der Waals surface area contributed by atoms with E-state index in [1.54, 1.807) is 35.3 Å². The number of H-pyrrole nitrogens is 1. The van der Waals surface area contributed by atoms with Gasteiger partial charge < -0.3 is 10.3 Å². The summed E-state index contributed by atoms with van der Waals surface area (Å²) >= 11 is 0. The second kappa shape index (κ2) is 6.36. The lowest BCUT2D eigenvalue weighted by Crippen LogP contribution is -2.14. The Kier molecular flexibility index (Phi) is 3.76. The zero-order valence-corrected chi connectivity index (χ0v) is 13.0. The van der Waals surface area contributed by atoms with E-state index in [1.165, 1.54) is 12.7 Å². The lowest BCUT2D eigenvalue weighted by atomic mass is 10.1. The molecule has 0 aliphatic rings. The van der Waals surface area contributed by atoms with Crippen LogP contribution in [-0.2, 0) is 0 Å². The Morgan fingerprint density at radius 3 is 2.72 bits per heavy atom. The lowest BCUT2D eigenvalue weighted by molar-refractivity contribution is 0.102. The number of anilines is 1. The van der Waals surface area contributed by atoms with E-state index in [0.29, 0.717) is 17.2 Å². The van der Waals surface area contributed by atoms with E-state index in [2.05, 4.69) is 30.5 Å². The van der Waals surface area contributed by atoms with Gasteiger partial charge >= 0.3 is 0 Å². The molecule has 25 heavy (non-hydrogen) atoms. The van der Waals surface area contributed by atoms with E-state index in [1.807, 2.05) is 24.3 Å². The van der Waals surface area contributed by atoms with Crippen LogP contribution in [0.3, 0.4) is 0 Å². The minimum absolute atomic E-state index is 0.295. The van der Waals surface area contributed by atoms with E-state index in [9.17, 15) is 4.79 Å². The van der Waals surface area contributed by atoms with Crippen LogP contribution in [0, 0.1) is 0 Å². The van der Waals surface area contributed by atoms with Crippen LogP contribution in [0.2, 0.25) is 0 Å². The van der Waals surface area contributed by atoms with E-state index >= 15 is 0 Å². The molecule has 122 valence electrons. The van der Waals surface area contributed by atoms with Crippen molar-refractivity contribution in [3.05, 3.63) is 73.3 Å². The van der Waals surface area contributed by atoms with Gasteiger partial charge in [-0.2, -0.15) is 0 Å². The maximum absolute atomic E-state index is 12.5. The van der Waals surface area contributed by atoms with Gasteiger partial charge in [0.1, 0.15) is 24.2 Å². The van der Waals surface area contributed by atoms with E-state index in [-0.39, 0.29) is 5.91 Å². The van der Waals surface area contributed by atoms with Crippen molar-refractivity contribution >= 4 is 11.6 Å². The number of hydrogen-bond acceptors (Lipinski definition) is 5. The zero-order valence-electron chi connectivity index (χ0n) is 13.0. The van der Waals surface area contributed by atoms with Crippen LogP contribution in [0.1, 0.15) is 10.5 Å². The standard InChI is InChI=1S/C17H13N7O/c25-17(14-5-2-6-16(23-14)24-10-20-21-11-24)22-13-4-1-3-12(7-13)15-8-18-9-19-15/h1-11H,(H,18,19)(H,22,25). The normalized spacial score (nSPS) is 10.6. The highest BCUT2D eigenvalue weighted by Crippen LogP contribution is 2.20. The molecule has 8 heteroatoms. The maximum Gasteiger partial charge on any atom is 0.274 e. The predicted molar refractivity (Wildman–Crippen MR) is 91.1 cm³/mol. The molecule has 0 spiro atoms. The first kappa shape index (κ1) is 14.8. The van der Waals surface area contributed by atoms with Crippen LogP contribution in [0.4, 0.5) is 5.69 Å². The highest BCUT2D eigenvalue weighted by Gasteiger charge is 2.10. The summed E-state index contributed by atoms with van der Waals surface area (Å²) in [5.74, 6) is 0.278. The summed E-state index contributed by atoms with van der Waals surface area (Å²) in [6, 6.07) is 12.7. The SMILES string of the molecule is O=C(Nc1cccc(-c2cnc[nH]2)c1)c1cccc(-n2cnnc2)n1. The third-order valence-electron chi connectivity index (χ3n) is 3.58. The van der Waals surface area contributed by atoms with Crippen molar-refractivity contribution < 1.29 is 4.79 Å². The Morgan fingerprint density at radius 1 is 1.08 bits per heavy atom. The maximum atomic E-state index is 12.5. The number of carbonyl (C=O) groups excluding carboxylic acids is 1. The molecule has 0 fully saturated rings. The summed E-state index contributed by atoms with van der Waals surface area (Å²) in [5, 5.41) is 10.3. The van der Waals surface area contributed by atoms with E-state index in [0.717, 1.165) is 11.3 Å². The summed E-state index contributed by atoms with van der Waals surface area (Å²) in [5.41, 5.74) is 2.79. The number of amides is 1. The van der Waals surface area contributed by atoms with Gasteiger partial charge in [0, 0.05) is 11.3 Å². The fourth-order valence-corrected chi connectivity index (χ4v) is 2.39. The predicted octanol–water partition coefficient (Wildman–Crippen LogP) is 2.30. The molecular formula is C17H13N7O. The molecule has 4 rings (SSSR count). The summed E-state index contributed by atoms with van der Waals surface area (Å²) in [4.78, 5) is 23.9. The molecule has 0 saturated carbocycles. The summed E-state index contributed by atoms with van der Waals surface area (Å²) in [6.07, 6.45) is 6.39. The van der Waals surface area contributed by atoms with E-state index in [4.69, 9.17) is 0 Å². The number of imidazole rings is 1. The first-order valence-electron chi connectivity index (χ1n) is 7.52. The number of nitrogens with zero attached hydrogens (tertiary/aromatic N) is 5. The van der Waals surface area contributed by atoms with Crippen molar-refractivity contribution in [1.82, 2.24) is 29.7 Å². The molecule has 0 saturated heterocycles. The van der Waals surface area contributed by atoms with Gasteiger partial charge in [-0.15, -0.1) is 10.2 Å². The molecule has 0 aliphatic carbocycles. The third-order valence-corrected chi connectivity index (χ3v) is 3.58. The van der Waals surface area contributed by atoms with Gasteiger partial charge in [0.15, 0.2) is 0 Å². The molecule has 1 amide bonds. The van der Waals surface area contributed by atoms with Crippen LogP contribution in [-0.4, -0.2) is 35.6 Å². The number of carbonyl (C=O) groups is 1. The summed E-state index contributed by atoms with van der Waals surface area (Å²) < 4.78 is 1.63. The van der Waals surface area contributed by atoms with Crippen molar-refractivity contribution in [2.24, 2.45) is 0 Å². The minimum atomic E-state index is -0.295. The number of aromatic amines is 1. The van der Waals surface area contributed by atoms with Crippen LogP contribution < -0.4 is 5.32 Å². The topological polar surface area (TPSA) is 101 Å². The number of hydrogen-bond donors (Lipinski definition) is 2. The molecule has 3 heterocycles. The van der Waals surface area contributed by atoms with Crippen molar-refractivity contribution in [3.8, 4) is 17.1 Å². The van der Waals surface area contributed by atoms with Gasteiger partial charge in [-0.3, -0.25) is 9.36 Å². The first-order chi connectivity index (χ1) is 12.3. The summed E-state index contributed by atoms with van der Waals surface area (Å²) in [7, 11) is 0. The first-order valence-corrected chi connectivity index (χ1v) is 7.52. The molecule has 3 aromatic heterocycles. The van der Waals surface area contributed by atoms with Crippen LogP contribution in [0.15, 0.2) is 67.6 Å². The van der Waals surface area contributed by atoms with Gasteiger partial charge in [-0.25, -0.2) is 9.97 Å². The second-order valence-electron chi connectivity index (χ2n) is 5.25. The molecular weight excluding hydrogens is 318 g/mol. The Hall–Kier alpha value is -3.81. The fourth-order valence-electron chi connectivity index (χ4n) is 2.39. The van der Waals surface area contributed by atoms with Gasteiger partial charge in [-0.05, 0) is 24.3 Å². The molecule has 0 atom stereocenters. The van der Waals surface area contributed by atoms with Crippen molar-refractivity contribution in [1.29, 1.82) is 0 Å². The molecule has 8 nitrogen and oxygen atoms in total. The monoisotopic (exact) mass is 331 g/mol. The van der Waals surface area contributed by atoms with Crippen molar-refractivity contribution in [2.75, 3.05) is 5.32 Å². The largest absolute Gasteiger partial charge is 0.345 e. The highest BCUT2D eigenvalue weighted by atomic mass is 16.1. The van der Waals surface area contributed by atoms with Gasteiger partial charge in [0.05, 0.1) is 18.2 Å². The van der Waals surface area contributed by atoms with Crippen LogP contribution in [0.5, 0.6) is 0 Å². The average molecular weight is 331 g/mol. The van der Waals surface area contributed by atoms with Crippen molar-refractivity contribution in [3.63, 3.8) is 0 Å². The van der Waals surface area contributed by atoms with Crippen LogP contribution >= 0.6 is 0 Å². The lowest BCUT2D eigenvalue weighted by Gasteiger charge is -2.07. The highest BCUT2D eigenvalue weighted by molar-refractivity contribution is 6.03. The number of pyridine rings is 1. The van der Waals surface area contributed by atoms with Crippen molar-refractivity contribution in [2.45, 2.75) is 0 Å². The molecule has 0 unspecified atom stereocenters. The Balaban J connectivity index is 1.57. The molecule has 0 bridgehead atoms. The van der Waals surface area contributed by atoms with Crippen LogP contribution in [0.25, 0.3) is 17.1 Å². The van der Waals surface area contributed by atoms with Gasteiger partial charge in [0.2, 0.25) is 0 Å². The molecule has 4 aromatic rings. The number of aromatic nitrogens is 6. The average Bonchev–Trinajstić information content (AvgIpc) is 3.36. The molecule has 2 N–H and O–H groups in total. The van der Waals surface area contributed by atoms with Gasteiger partial charge in [-0.1, -0.05) is 18.2 Å². The number of rotatable bonds is 4. The Bertz CT molecular complexity index is 994. The molecule has 0 radical (unpaired) electrons. The molecule has 0 aliphatic heterocycles. The Morgan fingerprint density at radius 2 is 1.92 bits per heavy atom. The summed E-state index contributed by atoms with van der Waals surface area (Å²) in [6.45, 7) is 0. The third kappa shape index (κ3) is 3.13. The smallest absolute Gasteiger partial charge is 0.274 e. The molecule has 1 aromatic carbocycles. The van der Waals surface area contributed by atoms with E-state index < -0.39 is 0 Å². The number of nitrogens with one attached hydrogen (secondary N) is 2. The Labute approximate surface area is 142 Å². The zero-order chi connectivity index (χ0) is 17.1. The number of benzene rings is 1. The quantitative estimate of drug-likeness (QED) is 0.597. The van der Waals surface area contributed by atoms with Gasteiger partial charge in [0.25, 0.3) is 5.91 Å².